The summed E-state index contributed by atoms with van der Waals surface area (Å²) in [5.74, 6) is 0. The Balaban J connectivity index is 3.79. The fourth-order valence-corrected chi connectivity index (χ4v) is 0.918. The van der Waals surface area contributed by atoms with Gasteiger partial charge in [0.1, 0.15) is 6.17 Å². The van der Waals surface area contributed by atoms with Gasteiger partial charge in [-0.25, -0.2) is 4.39 Å². The minimum atomic E-state index is -0.753. The Morgan fingerprint density at radius 1 is 1.50 bits per heavy atom. The predicted molar refractivity (Wildman–Crippen MR) is 43.9 cm³/mol. The molecule has 0 aliphatic heterocycles. The van der Waals surface area contributed by atoms with Crippen LogP contribution >= 0.6 is 0 Å². The van der Waals surface area contributed by atoms with Crippen molar-refractivity contribution in [2.45, 2.75) is 46.2 Å². The third kappa shape index (κ3) is 3.65. The molecule has 0 amide bonds. The lowest BCUT2D eigenvalue weighted by Gasteiger charge is -2.04. The highest BCUT2D eigenvalue weighted by atomic mass is 19.1. The molecule has 0 saturated heterocycles. The van der Waals surface area contributed by atoms with Crippen LogP contribution in [0.2, 0.25) is 0 Å². The first-order valence-electron chi connectivity index (χ1n) is 4.05. The summed E-state index contributed by atoms with van der Waals surface area (Å²) in [6, 6.07) is 0. The van der Waals surface area contributed by atoms with Crippen LogP contribution < -0.4 is 0 Å². The van der Waals surface area contributed by atoms with Gasteiger partial charge in [-0.15, -0.1) is 0 Å². The zero-order chi connectivity index (χ0) is 7.98. The van der Waals surface area contributed by atoms with E-state index in [1.807, 2.05) is 13.0 Å². The molecule has 0 fully saturated rings. The molecule has 60 valence electrons. The van der Waals surface area contributed by atoms with E-state index in [1.54, 1.807) is 6.92 Å². The van der Waals surface area contributed by atoms with E-state index in [9.17, 15) is 4.39 Å². The Kier molecular flexibility index (Phi) is 5.27. The summed E-state index contributed by atoms with van der Waals surface area (Å²) in [7, 11) is 0. The van der Waals surface area contributed by atoms with Gasteiger partial charge >= 0.3 is 0 Å². The molecule has 0 heterocycles. The van der Waals surface area contributed by atoms with Crippen LogP contribution in [0.4, 0.5) is 4.39 Å². The Morgan fingerprint density at radius 2 is 2.10 bits per heavy atom. The number of hydrogen-bond donors (Lipinski definition) is 0. The van der Waals surface area contributed by atoms with Crippen LogP contribution in [0, 0.1) is 0 Å². The van der Waals surface area contributed by atoms with E-state index in [1.165, 1.54) is 0 Å². The molecule has 0 spiro atoms. The standard InChI is InChI=1S/C9H17F/c1-4-6-7-9(5-2)8(3)10/h7-8H,4-6H2,1-3H3/b9-7+. The van der Waals surface area contributed by atoms with E-state index in [4.69, 9.17) is 0 Å². The van der Waals surface area contributed by atoms with Gasteiger partial charge in [-0.3, -0.25) is 0 Å². The highest BCUT2D eigenvalue weighted by molar-refractivity contribution is 5.05. The average Bonchev–Trinajstić information content (AvgIpc) is 1.89. The van der Waals surface area contributed by atoms with Crippen LogP contribution in [0.25, 0.3) is 0 Å². The summed E-state index contributed by atoms with van der Waals surface area (Å²) in [5.41, 5.74) is 0.946. The van der Waals surface area contributed by atoms with E-state index in [2.05, 4.69) is 6.92 Å². The van der Waals surface area contributed by atoms with Crippen molar-refractivity contribution in [3.63, 3.8) is 0 Å². The summed E-state index contributed by atoms with van der Waals surface area (Å²) in [6.45, 7) is 5.70. The molecule has 0 saturated carbocycles. The molecule has 0 aromatic heterocycles. The fourth-order valence-electron chi connectivity index (χ4n) is 0.918. The van der Waals surface area contributed by atoms with Crippen LogP contribution in [0.3, 0.4) is 0 Å². The SMILES string of the molecule is CCC/C=C(\CC)C(C)F. The molecule has 0 rings (SSSR count). The van der Waals surface area contributed by atoms with Crippen LogP contribution in [0.15, 0.2) is 11.6 Å². The second kappa shape index (κ2) is 5.45. The second-order valence-electron chi connectivity index (χ2n) is 2.54. The van der Waals surface area contributed by atoms with Gasteiger partial charge in [0.25, 0.3) is 0 Å². The summed E-state index contributed by atoms with van der Waals surface area (Å²) in [4.78, 5) is 0. The monoisotopic (exact) mass is 144 g/mol. The molecular formula is C9H17F. The van der Waals surface area contributed by atoms with E-state index in [0.29, 0.717) is 0 Å². The molecule has 1 heteroatoms. The molecule has 0 aliphatic carbocycles. The van der Waals surface area contributed by atoms with Gasteiger partial charge in [-0.2, -0.15) is 0 Å². The van der Waals surface area contributed by atoms with Gasteiger partial charge in [0.05, 0.1) is 0 Å². The minimum absolute atomic E-state index is 0.753. The molecule has 1 atom stereocenters. The molecule has 0 bridgehead atoms. The van der Waals surface area contributed by atoms with Crippen molar-refractivity contribution in [1.82, 2.24) is 0 Å². The predicted octanol–water partition coefficient (Wildman–Crippen LogP) is 3.48. The largest absolute Gasteiger partial charge is 0.243 e. The van der Waals surface area contributed by atoms with Crippen molar-refractivity contribution in [3.05, 3.63) is 11.6 Å². The Labute approximate surface area is 63.1 Å². The van der Waals surface area contributed by atoms with Crippen LogP contribution in [-0.2, 0) is 0 Å². The van der Waals surface area contributed by atoms with Gasteiger partial charge in [0, 0.05) is 0 Å². The maximum absolute atomic E-state index is 12.6. The molecule has 0 aromatic carbocycles. The lowest BCUT2D eigenvalue weighted by molar-refractivity contribution is 0.403. The van der Waals surface area contributed by atoms with Gasteiger partial charge in [-0.05, 0) is 25.3 Å². The normalized spacial score (nSPS) is 15.4. The quantitative estimate of drug-likeness (QED) is 0.530. The third-order valence-electron chi connectivity index (χ3n) is 1.61. The van der Waals surface area contributed by atoms with Crippen molar-refractivity contribution < 1.29 is 4.39 Å². The average molecular weight is 144 g/mol. The van der Waals surface area contributed by atoms with Crippen LogP contribution in [0.5, 0.6) is 0 Å². The molecule has 1 unspecified atom stereocenters. The topological polar surface area (TPSA) is 0 Å². The summed E-state index contributed by atoms with van der Waals surface area (Å²) >= 11 is 0. The number of unbranched alkanes of at least 4 members (excludes halogenated alkanes) is 1. The van der Waals surface area contributed by atoms with Gasteiger partial charge in [0.2, 0.25) is 0 Å². The Bertz CT molecular complexity index is 103. The van der Waals surface area contributed by atoms with Crippen LogP contribution in [-0.4, -0.2) is 6.17 Å². The highest BCUT2D eigenvalue weighted by Gasteiger charge is 2.01. The van der Waals surface area contributed by atoms with Crippen molar-refractivity contribution in [2.24, 2.45) is 0 Å². The molecule has 0 aliphatic rings. The first-order chi connectivity index (χ1) is 4.72. The van der Waals surface area contributed by atoms with Gasteiger partial charge < -0.3 is 0 Å². The van der Waals surface area contributed by atoms with Crippen LogP contribution in [0.1, 0.15) is 40.0 Å². The molecule has 10 heavy (non-hydrogen) atoms. The van der Waals surface area contributed by atoms with E-state index in [0.717, 1.165) is 24.8 Å². The fraction of sp³-hybridized carbons (Fsp3) is 0.778. The maximum atomic E-state index is 12.6. The smallest absolute Gasteiger partial charge is 0.118 e. The van der Waals surface area contributed by atoms with Gasteiger partial charge in [-0.1, -0.05) is 26.3 Å². The van der Waals surface area contributed by atoms with Gasteiger partial charge in [0.15, 0.2) is 0 Å². The number of hydrogen-bond acceptors (Lipinski definition) is 0. The highest BCUT2D eigenvalue weighted by Crippen LogP contribution is 2.11. The van der Waals surface area contributed by atoms with Crippen molar-refractivity contribution >= 4 is 0 Å². The van der Waals surface area contributed by atoms with Crippen molar-refractivity contribution in [1.29, 1.82) is 0 Å². The second-order valence-corrected chi connectivity index (χ2v) is 2.54. The molecule has 0 nitrogen and oxygen atoms in total. The number of alkyl halides is 1. The number of rotatable bonds is 4. The summed E-state index contributed by atoms with van der Waals surface area (Å²) in [5, 5.41) is 0. The summed E-state index contributed by atoms with van der Waals surface area (Å²) < 4.78 is 12.6. The Hall–Kier alpha value is -0.330. The first kappa shape index (κ1) is 9.67. The number of allylic oxidation sites excluding steroid dienone is 2. The van der Waals surface area contributed by atoms with Crippen molar-refractivity contribution in [3.8, 4) is 0 Å². The first-order valence-corrected chi connectivity index (χ1v) is 4.05. The zero-order valence-electron chi connectivity index (χ0n) is 7.15. The number of halogens is 1. The Morgan fingerprint density at radius 3 is 2.40 bits per heavy atom. The van der Waals surface area contributed by atoms with E-state index < -0.39 is 6.17 Å². The van der Waals surface area contributed by atoms with E-state index in [-0.39, 0.29) is 0 Å². The summed E-state index contributed by atoms with van der Waals surface area (Å²) in [6.07, 6.45) is 4.23. The maximum Gasteiger partial charge on any atom is 0.118 e. The van der Waals surface area contributed by atoms with E-state index >= 15 is 0 Å². The molecular weight excluding hydrogens is 127 g/mol. The molecule has 0 radical (unpaired) electrons. The lowest BCUT2D eigenvalue weighted by Crippen LogP contribution is -1.96. The molecule has 0 aromatic rings. The third-order valence-corrected chi connectivity index (χ3v) is 1.61. The lowest BCUT2D eigenvalue weighted by atomic mass is 10.1. The zero-order valence-corrected chi connectivity index (χ0v) is 7.15. The van der Waals surface area contributed by atoms with Crippen molar-refractivity contribution in [2.75, 3.05) is 0 Å². The molecule has 0 N–H and O–H groups in total. The minimum Gasteiger partial charge on any atom is -0.243 e.